The maximum Gasteiger partial charge on any atom is 0.242 e. The summed E-state index contributed by atoms with van der Waals surface area (Å²) in [6.45, 7) is 4.06. The van der Waals surface area contributed by atoms with Gasteiger partial charge < -0.3 is 5.32 Å². The highest BCUT2D eigenvalue weighted by atomic mass is 32.2. The van der Waals surface area contributed by atoms with Crippen molar-refractivity contribution in [2.75, 3.05) is 5.32 Å². The zero-order valence-electron chi connectivity index (χ0n) is 18.2. The van der Waals surface area contributed by atoms with Crippen molar-refractivity contribution in [3.8, 4) is 0 Å². The monoisotopic (exact) mass is 443 g/mol. The van der Waals surface area contributed by atoms with Crippen molar-refractivity contribution >= 4 is 50.9 Å². The first-order valence-corrected chi connectivity index (χ1v) is 11.8. The molecule has 0 bridgehead atoms. The molecule has 1 saturated heterocycles. The fourth-order valence-corrected chi connectivity index (χ4v) is 5.34. The highest BCUT2D eigenvalue weighted by Gasteiger charge is 2.46. The summed E-state index contributed by atoms with van der Waals surface area (Å²) in [6, 6.07) is 20.1. The molecule has 2 fully saturated rings. The lowest BCUT2D eigenvalue weighted by atomic mass is 10.1. The van der Waals surface area contributed by atoms with Crippen LogP contribution < -0.4 is 5.32 Å². The van der Waals surface area contributed by atoms with Gasteiger partial charge in [0.25, 0.3) is 0 Å². The molecule has 5 nitrogen and oxygen atoms in total. The minimum absolute atomic E-state index is 0.00411. The molecule has 1 aliphatic carbocycles. The van der Waals surface area contributed by atoms with Gasteiger partial charge in [0, 0.05) is 23.5 Å². The van der Waals surface area contributed by atoms with Gasteiger partial charge in [-0.1, -0.05) is 66.4 Å². The predicted octanol–water partition coefficient (Wildman–Crippen LogP) is 5.58. The molecule has 0 unspecified atom stereocenters. The number of hydrogen-bond acceptors (Lipinski definition) is 4. The molecular formula is C26H25N3O2S. The number of fused-ring (bicyclic) bond motifs is 1. The molecule has 2 aliphatic rings. The first kappa shape index (κ1) is 20.8. The van der Waals surface area contributed by atoms with Crippen molar-refractivity contribution in [1.29, 1.82) is 0 Å². The smallest absolute Gasteiger partial charge is 0.242 e. The van der Waals surface area contributed by atoms with Crippen molar-refractivity contribution < 1.29 is 9.59 Å². The minimum atomic E-state index is -0.450. The van der Waals surface area contributed by atoms with Crippen LogP contribution in [0.25, 0.3) is 10.8 Å². The van der Waals surface area contributed by atoms with Gasteiger partial charge in [-0.05, 0) is 49.3 Å². The van der Waals surface area contributed by atoms with E-state index < -0.39 is 5.25 Å². The van der Waals surface area contributed by atoms with Crippen LogP contribution in [0.3, 0.4) is 0 Å². The Kier molecular flexibility index (Phi) is 5.47. The van der Waals surface area contributed by atoms with Gasteiger partial charge >= 0.3 is 0 Å². The molecule has 32 heavy (non-hydrogen) atoms. The summed E-state index contributed by atoms with van der Waals surface area (Å²) in [5, 5.41) is 5.34. The Morgan fingerprint density at radius 1 is 1.03 bits per heavy atom. The van der Waals surface area contributed by atoms with Gasteiger partial charge in [-0.25, -0.2) is 4.99 Å². The average Bonchev–Trinajstić information content (AvgIpc) is 3.56. The van der Waals surface area contributed by atoms with Crippen LogP contribution in [-0.2, 0) is 9.59 Å². The lowest BCUT2D eigenvalue weighted by molar-refractivity contribution is -0.128. The van der Waals surface area contributed by atoms with Crippen LogP contribution >= 0.6 is 11.8 Å². The Morgan fingerprint density at radius 2 is 1.72 bits per heavy atom. The summed E-state index contributed by atoms with van der Waals surface area (Å²) in [7, 11) is 0. The number of nitrogens with one attached hydrogen (secondary N) is 1. The average molecular weight is 444 g/mol. The van der Waals surface area contributed by atoms with E-state index in [9.17, 15) is 9.59 Å². The highest BCUT2D eigenvalue weighted by Crippen LogP contribution is 2.40. The van der Waals surface area contributed by atoms with E-state index in [1.54, 1.807) is 0 Å². The summed E-state index contributed by atoms with van der Waals surface area (Å²) < 4.78 is 0. The van der Waals surface area contributed by atoms with E-state index in [0.29, 0.717) is 0 Å². The Bertz CT molecular complexity index is 1220. The SMILES string of the molecule is Cc1cccc(C)c1N=C1S[C@@H](CC(=O)Nc2cccc3ccccc23)C(=O)N1C1CC1. The predicted molar refractivity (Wildman–Crippen MR) is 131 cm³/mol. The molecule has 6 heteroatoms. The van der Waals surface area contributed by atoms with Crippen molar-refractivity contribution in [3.05, 3.63) is 71.8 Å². The van der Waals surface area contributed by atoms with E-state index >= 15 is 0 Å². The molecule has 1 atom stereocenters. The van der Waals surface area contributed by atoms with Crippen LogP contribution in [0.1, 0.15) is 30.4 Å². The van der Waals surface area contributed by atoms with Crippen LogP contribution in [0.5, 0.6) is 0 Å². The minimum Gasteiger partial charge on any atom is -0.325 e. The number of para-hydroxylation sites is 1. The van der Waals surface area contributed by atoms with Crippen molar-refractivity contribution in [2.24, 2.45) is 4.99 Å². The summed E-state index contributed by atoms with van der Waals surface area (Å²) in [5.41, 5.74) is 3.85. The number of amidine groups is 1. The highest BCUT2D eigenvalue weighted by molar-refractivity contribution is 8.15. The van der Waals surface area contributed by atoms with Crippen molar-refractivity contribution in [1.82, 2.24) is 4.90 Å². The summed E-state index contributed by atoms with van der Waals surface area (Å²) in [5.74, 6) is -0.160. The third kappa shape index (κ3) is 4.02. The van der Waals surface area contributed by atoms with Gasteiger partial charge in [0.05, 0.1) is 5.69 Å². The van der Waals surface area contributed by atoms with E-state index in [1.165, 1.54) is 11.8 Å². The normalized spacial score (nSPS) is 19.7. The molecule has 3 aromatic rings. The van der Waals surface area contributed by atoms with Gasteiger partial charge in [0.2, 0.25) is 11.8 Å². The number of benzene rings is 3. The Hall–Kier alpha value is -3.12. The van der Waals surface area contributed by atoms with Crippen LogP contribution in [0.2, 0.25) is 0 Å². The molecule has 0 aromatic heterocycles. The van der Waals surface area contributed by atoms with Crippen LogP contribution in [0, 0.1) is 13.8 Å². The number of rotatable bonds is 5. The Balaban J connectivity index is 1.37. The molecule has 0 spiro atoms. The largest absolute Gasteiger partial charge is 0.325 e. The first-order valence-electron chi connectivity index (χ1n) is 10.9. The summed E-state index contributed by atoms with van der Waals surface area (Å²) >= 11 is 1.42. The second-order valence-electron chi connectivity index (χ2n) is 8.46. The number of thioether (sulfide) groups is 1. The maximum absolute atomic E-state index is 13.2. The molecule has 1 saturated carbocycles. The number of anilines is 1. The second kappa shape index (κ2) is 8.43. The third-order valence-corrected chi connectivity index (χ3v) is 7.11. The van der Waals surface area contributed by atoms with Crippen LogP contribution in [0.15, 0.2) is 65.7 Å². The molecule has 162 valence electrons. The van der Waals surface area contributed by atoms with E-state index in [-0.39, 0.29) is 24.3 Å². The van der Waals surface area contributed by atoms with Gasteiger partial charge in [0.1, 0.15) is 5.25 Å². The number of aryl methyl sites for hydroxylation is 2. The van der Waals surface area contributed by atoms with Crippen molar-refractivity contribution in [2.45, 2.75) is 44.4 Å². The van der Waals surface area contributed by atoms with Gasteiger partial charge in [-0.15, -0.1) is 0 Å². The topological polar surface area (TPSA) is 61.8 Å². The van der Waals surface area contributed by atoms with E-state index in [1.807, 2.05) is 79.4 Å². The molecular weight excluding hydrogens is 418 g/mol. The first-order chi connectivity index (χ1) is 15.5. The zero-order chi connectivity index (χ0) is 22.2. The van der Waals surface area contributed by atoms with Gasteiger partial charge in [-0.2, -0.15) is 0 Å². The van der Waals surface area contributed by atoms with Gasteiger partial charge in [-0.3, -0.25) is 14.5 Å². The van der Waals surface area contributed by atoms with Crippen LogP contribution in [-0.4, -0.2) is 33.2 Å². The lowest BCUT2D eigenvalue weighted by Crippen LogP contribution is -2.35. The molecule has 0 radical (unpaired) electrons. The molecule has 3 aromatic carbocycles. The number of amides is 2. The number of nitrogens with zero attached hydrogens (tertiary/aromatic N) is 2. The fourth-order valence-electron chi connectivity index (χ4n) is 4.14. The summed E-state index contributed by atoms with van der Waals surface area (Å²) in [4.78, 5) is 32.8. The molecule has 1 N–H and O–H groups in total. The maximum atomic E-state index is 13.2. The van der Waals surface area contributed by atoms with Crippen LogP contribution in [0.4, 0.5) is 11.4 Å². The second-order valence-corrected chi connectivity index (χ2v) is 9.63. The molecule has 1 heterocycles. The Morgan fingerprint density at radius 3 is 2.47 bits per heavy atom. The quantitative estimate of drug-likeness (QED) is 0.560. The lowest BCUT2D eigenvalue weighted by Gasteiger charge is -2.16. The number of carbonyl (C=O) groups is 2. The van der Waals surface area contributed by atoms with Crippen molar-refractivity contribution in [3.63, 3.8) is 0 Å². The molecule has 5 rings (SSSR count). The van der Waals surface area contributed by atoms with Gasteiger partial charge in [0.15, 0.2) is 5.17 Å². The third-order valence-electron chi connectivity index (χ3n) is 5.96. The number of hydrogen-bond donors (Lipinski definition) is 1. The van der Waals surface area contributed by atoms with E-state index in [2.05, 4.69) is 5.32 Å². The van der Waals surface area contributed by atoms with E-state index in [4.69, 9.17) is 4.99 Å². The number of aliphatic imine (C=N–C) groups is 1. The summed E-state index contributed by atoms with van der Waals surface area (Å²) in [6.07, 6.45) is 2.11. The number of carbonyl (C=O) groups excluding carboxylic acids is 2. The van der Waals surface area contributed by atoms with E-state index in [0.717, 1.165) is 51.3 Å². The molecule has 2 amide bonds. The zero-order valence-corrected chi connectivity index (χ0v) is 19.0. The fraction of sp³-hybridized carbons (Fsp3) is 0.269. The molecule has 1 aliphatic heterocycles. The Labute approximate surface area is 191 Å². The standard InChI is InChI=1S/C26H25N3O2S/c1-16-7-5-8-17(2)24(16)28-26-29(19-13-14-19)25(31)22(32-26)15-23(30)27-21-12-6-10-18-9-3-4-11-20(18)21/h3-12,19,22H,13-15H2,1-2H3,(H,27,30)/t22-/m0/s1.